The lowest BCUT2D eigenvalue weighted by molar-refractivity contribution is 0.0691. The number of aromatic nitrogens is 1. The molecule has 1 aromatic rings. The molecule has 1 aromatic heterocycles. The van der Waals surface area contributed by atoms with Gasteiger partial charge in [-0.2, -0.15) is 0 Å². The molecule has 0 aromatic carbocycles. The van der Waals surface area contributed by atoms with Crippen LogP contribution >= 0.6 is 0 Å². The molecule has 0 amide bonds. The average Bonchev–Trinajstić information content (AvgIpc) is 2.34. The minimum atomic E-state index is -0.937. The fourth-order valence-electron chi connectivity index (χ4n) is 1.68. The van der Waals surface area contributed by atoms with E-state index in [-0.39, 0.29) is 5.56 Å². The van der Waals surface area contributed by atoms with Crippen LogP contribution in [0.25, 0.3) is 0 Å². The monoisotopic (exact) mass is 252 g/mol. The molecule has 5 nitrogen and oxygen atoms in total. The van der Waals surface area contributed by atoms with Gasteiger partial charge in [0.15, 0.2) is 0 Å². The first kappa shape index (κ1) is 14.6. The molecule has 0 spiro atoms. The lowest BCUT2D eigenvalue weighted by Gasteiger charge is -2.26. The number of hydrogen-bond donors (Lipinski definition) is 1. The first-order valence-corrected chi connectivity index (χ1v) is 5.96. The summed E-state index contributed by atoms with van der Waals surface area (Å²) >= 11 is 0. The van der Waals surface area contributed by atoms with Crippen LogP contribution in [-0.2, 0) is 11.3 Å². The van der Waals surface area contributed by atoms with Crippen LogP contribution in [-0.4, -0.2) is 47.3 Å². The van der Waals surface area contributed by atoms with Crippen LogP contribution in [0, 0.1) is 0 Å². The van der Waals surface area contributed by atoms with Crippen molar-refractivity contribution in [2.24, 2.45) is 0 Å². The van der Waals surface area contributed by atoms with Gasteiger partial charge in [-0.25, -0.2) is 4.79 Å². The maximum atomic E-state index is 11.1. The molecular weight excluding hydrogens is 232 g/mol. The van der Waals surface area contributed by atoms with Gasteiger partial charge in [0.05, 0.1) is 17.9 Å². The van der Waals surface area contributed by atoms with Gasteiger partial charge in [0, 0.05) is 32.4 Å². The second-order valence-corrected chi connectivity index (χ2v) is 4.36. The molecule has 0 radical (unpaired) electrons. The number of hydrogen-bond acceptors (Lipinski definition) is 4. The Morgan fingerprint density at radius 2 is 2.28 bits per heavy atom. The molecule has 100 valence electrons. The molecule has 0 bridgehead atoms. The second-order valence-electron chi connectivity index (χ2n) is 4.36. The first-order valence-electron chi connectivity index (χ1n) is 5.96. The Bertz CT molecular complexity index is 394. The van der Waals surface area contributed by atoms with Crippen LogP contribution in [0.1, 0.15) is 29.9 Å². The van der Waals surface area contributed by atoms with Crippen molar-refractivity contribution in [2.45, 2.75) is 26.4 Å². The van der Waals surface area contributed by atoms with Crippen molar-refractivity contribution in [1.29, 1.82) is 0 Å². The number of carbonyl (C=O) groups is 1. The number of ether oxygens (including phenoxy) is 1. The zero-order chi connectivity index (χ0) is 13.5. The highest BCUT2D eigenvalue weighted by molar-refractivity contribution is 5.88. The molecule has 0 fully saturated rings. The maximum Gasteiger partial charge on any atom is 0.337 e. The van der Waals surface area contributed by atoms with E-state index in [1.165, 1.54) is 0 Å². The van der Waals surface area contributed by atoms with Crippen molar-refractivity contribution in [3.63, 3.8) is 0 Å². The van der Waals surface area contributed by atoms with E-state index in [0.29, 0.717) is 24.9 Å². The van der Waals surface area contributed by atoms with Gasteiger partial charge in [0.1, 0.15) is 0 Å². The van der Waals surface area contributed by atoms with E-state index in [0.717, 1.165) is 6.54 Å². The number of carboxylic acids is 1. The first-order chi connectivity index (χ1) is 8.56. The molecule has 1 rings (SSSR count). The van der Waals surface area contributed by atoms with Gasteiger partial charge in [-0.15, -0.1) is 0 Å². The summed E-state index contributed by atoms with van der Waals surface area (Å²) < 4.78 is 5.06. The number of methoxy groups -OCH3 is 1. The Labute approximate surface area is 107 Å². The Balaban J connectivity index is 2.83. The largest absolute Gasteiger partial charge is 0.478 e. The van der Waals surface area contributed by atoms with Gasteiger partial charge in [-0.05, 0) is 26.0 Å². The van der Waals surface area contributed by atoms with E-state index in [1.807, 2.05) is 0 Å². The van der Waals surface area contributed by atoms with Crippen LogP contribution in [0.3, 0.4) is 0 Å². The summed E-state index contributed by atoms with van der Waals surface area (Å²) in [4.78, 5) is 17.4. The standard InChI is InChI=1S/C13H20N2O3/c1-10(2)15(7-8-18-3)9-12-11(13(16)17)5-4-6-14-12/h4-6,10H,7-9H2,1-3H3,(H,16,17). The van der Waals surface area contributed by atoms with Crippen molar-refractivity contribution in [2.75, 3.05) is 20.3 Å². The molecule has 0 unspecified atom stereocenters. The van der Waals surface area contributed by atoms with Crippen molar-refractivity contribution in [1.82, 2.24) is 9.88 Å². The van der Waals surface area contributed by atoms with Crippen molar-refractivity contribution >= 4 is 5.97 Å². The van der Waals surface area contributed by atoms with E-state index in [1.54, 1.807) is 25.4 Å². The lowest BCUT2D eigenvalue weighted by Crippen LogP contribution is -2.34. The summed E-state index contributed by atoms with van der Waals surface area (Å²) in [7, 11) is 1.65. The maximum absolute atomic E-state index is 11.1. The number of nitrogens with zero attached hydrogens (tertiary/aromatic N) is 2. The Morgan fingerprint density at radius 3 is 2.83 bits per heavy atom. The molecule has 0 aliphatic carbocycles. The third kappa shape index (κ3) is 4.09. The third-order valence-corrected chi connectivity index (χ3v) is 2.79. The molecule has 0 atom stereocenters. The van der Waals surface area contributed by atoms with Gasteiger partial charge < -0.3 is 9.84 Å². The van der Waals surface area contributed by atoms with E-state index >= 15 is 0 Å². The Kier molecular flexibility index (Phi) is 5.74. The Hall–Kier alpha value is -1.46. The molecule has 0 aliphatic heterocycles. The summed E-state index contributed by atoms with van der Waals surface area (Å²) in [6.45, 7) is 6.03. The predicted octanol–water partition coefficient (Wildman–Crippen LogP) is 1.64. The third-order valence-electron chi connectivity index (χ3n) is 2.79. The molecule has 18 heavy (non-hydrogen) atoms. The van der Waals surface area contributed by atoms with Crippen LogP contribution in [0.15, 0.2) is 18.3 Å². The molecular formula is C13H20N2O3. The highest BCUT2D eigenvalue weighted by Gasteiger charge is 2.16. The number of pyridine rings is 1. The second kappa shape index (κ2) is 7.08. The zero-order valence-corrected chi connectivity index (χ0v) is 11.1. The summed E-state index contributed by atoms with van der Waals surface area (Å²) in [6, 6.07) is 3.53. The number of rotatable bonds is 7. The number of aromatic carboxylic acids is 1. The minimum Gasteiger partial charge on any atom is -0.478 e. The van der Waals surface area contributed by atoms with Crippen molar-refractivity contribution in [3.8, 4) is 0 Å². The van der Waals surface area contributed by atoms with Gasteiger partial charge >= 0.3 is 5.97 Å². The topological polar surface area (TPSA) is 62.7 Å². The fourth-order valence-corrected chi connectivity index (χ4v) is 1.68. The predicted molar refractivity (Wildman–Crippen MR) is 68.6 cm³/mol. The molecule has 0 saturated heterocycles. The minimum absolute atomic E-state index is 0.264. The normalized spacial score (nSPS) is 11.2. The highest BCUT2D eigenvalue weighted by atomic mass is 16.5. The summed E-state index contributed by atoms with van der Waals surface area (Å²) in [5.41, 5.74) is 0.857. The van der Waals surface area contributed by atoms with Gasteiger partial charge in [0.25, 0.3) is 0 Å². The average molecular weight is 252 g/mol. The van der Waals surface area contributed by atoms with Gasteiger partial charge in [-0.3, -0.25) is 9.88 Å². The summed E-state index contributed by atoms with van der Waals surface area (Å²) in [6.07, 6.45) is 1.62. The molecule has 0 saturated carbocycles. The van der Waals surface area contributed by atoms with Crippen molar-refractivity contribution in [3.05, 3.63) is 29.6 Å². The molecule has 5 heteroatoms. The van der Waals surface area contributed by atoms with Crippen LogP contribution in [0.4, 0.5) is 0 Å². The van der Waals surface area contributed by atoms with Gasteiger partial charge in [-0.1, -0.05) is 0 Å². The summed E-state index contributed by atoms with van der Waals surface area (Å²) in [5.74, 6) is -0.937. The number of carboxylic acid groups (broad SMARTS) is 1. The lowest BCUT2D eigenvalue weighted by atomic mass is 10.1. The van der Waals surface area contributed by atoms with Crippen LogP contribution in [0.5, 0.6) is 0 Å². The highest BCUT2D eigenvalue weighted by Crippen LogP contribution is 2.11. The van der Waals surface area contributed by atoms with Crippen LogP contribution in [0.2, 0.25) is 0 Å². The van der Waals surface area contributed by atoms with Gasteiger partial charge in [0.2, 0.25) is 0 Å². The summed E-state index contributed by atoms with van der Waals surface area (Å²) in [5, 5.41) is 9.11. The smallest absolute Gasteiger partial charge is 0.337 e. The molecule has 0 aliphatic rings. The Morgan fingerprint density at radius 1 is 1.56 bits per heavy atom. The van der Waals surface area contributed by atoms with Crippen molar-refractivity contribution < 1.29 is 14.6 Å². The van der Waals surface area contributed by atoms with E-state index in [4.69, 9.17) is 9.84 Å². The van der Waals surface area contributed by atoms with E-state index in [2.05, 4.69) is 23.7 Å². The molecule has 1 heterocycles. The van der Waals surface area contributed by atoms with E-state index in [9.17, 15) is 4.79 Å². The van der Waals surface area contributed by atoms with E-state index < -0.39 is 5.97 Å². The quantitative estimate of drug-likeness (QED) is 0.799. The molecule has 1 N–H and O–H groups in total. The van der Waals surface area contributed by atoms with Crippen LogP contribution < -0.4 is 0 Å². The zero-order valence-electron chi connectivity index (χ0n) is 11.1. The fraction of sp³-hybridized carbons (Fsp3) is 0.538. The SMILES string of the molecule is COCCN(Cc1ncccc1C(=O)O)C(C)C.